The third kappa shape index (κ3) is 3.77. The fraction of sp³-hybridized carbons (Fsp3) is 0.429. The first-order valence-corrected chi connectivity index (χ1v) is 6.11. The van der Waals surface area contributed by atoms with Crippen molar-refractivity contribution in [2.75, 3.05) is 12.4 Å². The number of rotatable bonds is 3. The molecule has 0 aliphatic carbocycles. The van der Waals surface area contributed by atoms with Gasteiger partial charge < -0.3 is 15.8 Å². The van der Waals surface area contributed by atoms with E-state index in [9.17, 15) is 14.0 Å². The van der Waals surface area contributed by atoms with Crippen molar-refractivity contribution < 1.29 is 18.7 Å². The minimum absolute atomic E-state index is 0.241. The van der Waals surface area contributed by atoms with Crippen molar-refractivity contribution in [2.45, 2.75) is 26.8 Å². The van der Waals surface area contributed by atoms with Gasteiger partial charge in [0.15, 0.2) is 0 Å². The smallest absolute Gasteiger partial charge is 0.340 e. The Kier molecular flexibility index (Phi) is 4.83. The minimum atomic E-state index is -0.807. The zero-order valence-electron chi connectivity index (χ0n) is 12.0. The van der Waals surface area contributed by atoms with Crippen molar-refractivity contribution in [3.8, 4) is 0 Å². The zero-order valence-corrected chi connectivity index (χ0v) is 12.0. The molecule has 0 aliphatic rings. The molecule has 0 fully saturated rings. The quantitative estimate of drug-likeness (QED) is 0.830. The number of nitrogens with two attached hydrogens (primary N) is 1. The largest absolute Gasteiger partial charge is 0.465 e. The van der Waals surface area contributed by atoms with E-state index in [0.717, 1.165) is 13.2 Å². The van der Waals surface area contributed by atoms with Crippen LogP contribution in [0.3, 0.4) is 0 Å². The van der Waals surface area contributed by atoms with E-state index in [2.05, 4.69) is 10.1 Å². The maximum Gasteiger partial charge on any atom is 0.340 e. The Morgan fingerprint density at radius 3 is 2.45 bits per heavy atom. The highest BCUT2D eigenvalue weighted by Crippen LogP contribution is 2.20. The number of carbonyl (C=O) groups excluding carboxylic acids is 2. The first-order chi connectivity index (χ1) is 9.16. The second-order valence-corrected chi connectivity index (χ2v) is 5.52. The molecule has 0 aromatic heterocycles. The molecule has 0 spiro atoms. The first kappa shape index (κ1) is 16.1. The van der Waals surface area contributed by atoms with Crippen LogP contribution in [-0.4, -0.2) is 25.0 Å². The Morgan fingerprint density at radius 1 is 1.35 bits per heavy atom. The molecule has 20 heavy (non-hydrogen) atoms. The Bertz CT molecular complexity index is 524. The van der Waals surface area contributed by atoms with Gasteiger partial charge in [0, 0.05) is 5.69 Å². The van der Waals surface area contributed by atoms with Crippen LogP contribution in [0.15, 0.2) is 18.2 Å². The molecule has 6 heteroatoms. The molecule has 0 saturated heterocycles. The van der Waals surface area contributed by atoms with E-state index in [1.807, 2.05) is 20.8 Å². The fourth-order valence-corrected chi connectivity index (χ4v) is 1.48. The predicted molar refractivity (Wildman–Crippen MR) is 73.8 cm³/mol. The summed E-state index contributed by atoms with van der Waals surface area (Å²) in [6, 6.07) is 2.93. The van der Waals surface area contributed by atoms with Gasteiger partial charge in [0.1, 0.15) is 5.82 Å². The number of carbonyl (C=O) groups is 2. The highest BCUT2D eigenvalue weighted by Gasteiger charge is 2.27. The van der Waals surface area contributed by atoms with E-state index in [0.29, 0.717) is 0 Å². The normalized spacial score (nSPS) is 12.7. The lowest BCUT2D eigenvalue weighted by molar-refractivity contribution is -0.119. The molecular weight excluding hydrogens is 263 g/mol. The minimum Gasteiger partial charge on any atom is -0.465 e. The molecule has 0 unspecified atom stereocenters. The molecule has 0 aliphatic heterocycles. The molecule has 1 aromatic rings. The zero-order chi connectivity index (χ0) is 15.5. The molecular formula is C14H19FN2O3. The molecule has 1 aromatic carbocycles. The van der Waals surface area contributed by atoms with Crippen LogP contribution in [-0.2, 0) is 9.53 Å². The van der Waals surface area contributed by atoms with E-state index in [1.54, 1.807) is 0 Å². The average Bonchev–Trinajstić information content (AvgIpc) is 2.38. The van der Waals surface area contributed by atoms with Crippen molar-refractivity contribution in [1.82, 2.24) is 0 Å². The van der Waals surface area contributed by atoms with Crippen molar-refractivity contribution in [3.63, 3.8) is 0 Å². The number of esters is 1. The number of ether oxygens (including phenoxy) is 1. The van der Waals surface area contributed by atoms with Crippen molar-refractivity contribution in [3.05, 3.63) is 29.6 Å². The maximum atomic E-state index is 13.5. The van der Waals surface area contributed by atoms with E-state index < -0.39 is 29.2 Å². The molecule has 1 atom stereocenters. The summed E-state index contributed by atoms with van der Waals surface area (Å²) in [5.74, 6) is -1.92. The topological polar surface area (TPSA) is 81.4 Å². The Morgan fingerprint density at radius 2 is 1.95 bits per heavy atom. The summed E-state index contributed by atoms with van der Waals surface area (Å²) in [7, 11) is 1.16. The number of hydrogen-bond donors (Lipinski definition) is 2. The number of amides is 1. The van der Waals surface area contributed by atoms with E-state index in [4.69, 9.17) is 5.73 Å². The van der Waals surface area contributed by atoms with Gasteiger partial charge in [-0.05, 0) is 23.6 Å². The molecule has 0 bridgehead atoms. The molecule has 5 nitrogen and oxygen atoms in total. The number of hydrogen-bond acceptors (Lipinski definition) is 4. The van der Waals surface area contributed by atoms with Crippen LogP contribution >= 0.6 is 0 Å². The molecule has 0 saturated carbocycles. The second kappa shape index (κ2) is 6.00. The van der Waals surface area contributed by atoms with E-state index >= 15 is 0 Å². The summed E-state index contributed by atoms with van der Waals surface area (Å²) in [5.41, 5.74) is 5.46. The summed E-state index contributed by atoms with van der Waals surface area (Å²) in [6.07, 6.45) is 0. The van der Waals surface area contributed by atoms with E-state index in [1.165, 1.54) is 12.1 Å². The van der Waals surface area contributed by atoms with Gasteiger partial charge in [0.2, 0.25) is 5.91 Å². The van der Waals surface area contributed by atoms with Gasteiger partial charge in [-0.15, -0.1) is 0 Å². The summed E-state index contributed by atoms with van der Waals surface area (Å²) < 4.78 is 17.9. The third-order valence-corrected chi connectivity index (χ3v) is 2.85. The van der Waals surface area contributed by atoms with E-state index in [-0.39, 0.29) is 11.3 Å². The summed E-state index contributed by atoms with van der Waals surface area (Å²) in [6.45, 7) is 5.51. The lowest BCUT2D eigenvalue weighted by Crippen LogP contribution is -2.45. The van der Waals surface area contributed by atoms with Gasteiger partial charge in [-0.25, -0.2) is 9.18 Å². The van der Waals surface area contributed by atoms with Crippen LogP contribution in [0.4, 0.5) is 10.1 Å². The number of nitrogens with one attached hydrogen (secondary N) is 1. The highest BCUT2D eigenvalue weighted by atomic mass is 19.1. The van der Waals surface area contributed by atoms with Crippen molar-refractivity contribution in [1.29, 1.82) is 0 Å². The average molecular weight is 282 g/mol. The highest BCUT2D eigenvalue weighted by molar-refractivity contribution is 5.97. The Hall–Kier alpha value is -1.95. The van der Waals surface area contributed by atoms with Crippen molar-refractivity contribution in [2.24, 2.45) is 11.1 Å². The predicted octanol–water partition coefficient (Wildman–Crippen LogP) is 1.92. The number of benzene rings is 1. The van der Waals surface area contributed by atoms with Crippen LogP contribution in [0.25, 0.3) is 0 Å². The first-order valence-electron chi connectivity index (χ1n) is 6.11. The number of anilines is 1. The van der Waals surface area contributed by atoms with Crippen molar-refractivity contribution >= 4 is 17.6 Å². The lowest BCUT2D eigenvalue weighted by Gasteiger charge is -2.25. The fourth-order valence-electron chi connectivity index (χ4n) is 1.48. The van der Waals surface area contributed by atoms with Gasteiger partial charge in [-0.1, -0.05) is 20.8 Å². The van der Waals surface area contributed by atoms with Crippen LogP contribution in [0.5, 0.6) is 0 Å². The van der Waals surface area contributed by atoms with Gasteiger partial charge in [0.05, 0.1) is 18.7 Å². The molecule has 3 N–H and O–H groups in total. The van der Waals surface area contributed by atoms with Gasteiger partial charge in [0.25, 0.3) is 0 Å². The second-order valence-electron chi connectivity index (χ2n) is 5.52. The number of halogens is 1. The summed E-state index contributed by atoms with van der Waals surface area (Å²) >= 11 is 0. The van der Waals surface area contributed by atoms with Crippen LogP contribution in [0, 0.1) is 11.2 Å². The summed E-state index contributed by atoms with van der Waals surface area (Å²) in [5, 5.41) is 2.56. The molecule has 0 heterocycles. The SMILES string of the molecule is COC(=O)c1cc(NC(=O)[C@@H](N)C(C)(C)C)ccc1F. The molecule has 1 amide bonds. The monoisotopic (exact) mass is 282 g/mol. The molecule has 110 valence electrons. The van der Waals surface area contributed by atoms with Crippen LogP contribution in [0.1, 0.15) is 31.1 Å². The Balaban J connectivity index is 2.94. The van der Waals surface area contributed by atoms with Gasteiger partial charge in [-0.2, -0.15) is 0 Å². The van der Waals surface area contributed by atoms with Crippen LogP contribution < -0.4 is 11.1 Å². The van der Waals surface area contributed by atoms with Gasteiger partial charge in [-0.3, -0.25) is 4.79 Å². The lowest BCUT2D eigenvalue weighted by atomic mass is 9.87. The molecule has 0 radical (unpaired) electrons. The maximum absolute atomic E-state index is 13.5. The Labute approximate surface area is 117 Å². The number of methoxy groups -OCH3 is 1. The summed E-state index contributed by atoms with van der Waals surface area (Å²) in [4.78, 5) is 23.3. The molecule has 1 rings (SSSR count). The standard InChI is InChI=1S/C14H19FN2O3/c1-14(2,3)11(16)12(18)17-8-5-6-10(15)9(7-8)13(19)20-4/h5-7,11H,16H2,1-4H3,(H,17,18)/t11-/m1/s1. The van der Waals surface area contributed by atoms with Gasteiger partial charge >= 0.3 is 5.97 Å². The van der Waals surface area contributed by atoms with Crippen LogP contribution in [0.2, 0.25) is 0 Å². The third-order valence-electron chi connectivity index (χ3n) is 2.85.